The Morgan fingerprint density at radius 3 is 2.37 bits per heavy atom. The van der Waals surface area contributed by atoms with Crippen molar-refractivity contribution in [3.05, 3.63) is 60.2 Å². The molecular formula is C21H23NO5. The Labute approximate surface area is 158 Å². The Balaban J connectivity index is 1.56. The number of carbonyl (C=O) groups excluding carboxylic acids is 2. The molecule has 0 saturated carbocycles. The number of para-hydroxylation sites is 1. The molecule has 1 aliphatic heterocycles. The Bertz CT molecular complexity index is 782. The molecule has 1 heterocycles. The van der Waals surface area contributed by atoms with Gasteiger partial charge in [-0.2, -0.15) is 0 Å². The molecule has 0 unspecified atom stereocenters. The van der Waals surface area contributed by atoms with Crippen LogP contribution in [0.2, 0.25) is 0 Å². The van der Waals surface area contributed by atoms with Gasteiger partial charge in [0.25, 0.3) is 5.91 Å². The van der Waals surface area contributed by atoms with E-state index in [0.29, 0.717) is 30.2 Å². The number of amides is 1. The molecule has 0 spiro atoms. The lowest BCUT2D eigenvalue weighted by Gasteiger charge is -2.35. The zero-order valence-electron chi connectivity index (χ0n) is 15.5. The van der Waals surface area contributed by atoms with Gasteiger partial charge in [-0.25, -0.2) is 4.79 Å². The van der Waals surface area contributed by atoms with Crippen LogP contribution in [-0.4, -0.2) is 48.7 Å². The fraction of sp³-hybridized carbons (Fsp3) is 0.333. The molecule has 1 saturated heterocycles. The number of esters is 1. The minimum absolute atomic E-state index is 0.0276. The quantitative estimate of drug-likeness (QED) is 0.757. The van der Waals surface area contributed by atoms with Gasteiger partial charge in [-0.15, -0.1) is 0 Å². The Kier molecular flexibility index (Phi) is 6.08. The summed E-state index contributed by atoms with van der Waals surface area (Å²) in [5.41, 5.74) is 0.333. The van der Waals surface area contributed by atoms with Gasteiger partial charge in [-0.1, -0.05) is 24.3 Å². The monoisotopic (exact) mass is 369 g/mol. The van der Waals surface area contributed by atoms with Gasteiger partial charge in [-0.05, 0) is 44.2 Å². The van der Waals surface area contributed by atoms with Crippen molar-refractivity contribution >= 4 is 11.9 Å². The van der Waals surface area contributed by atoms with Gasteiger partial charge in [0.2, 0.25) is 0 Å². The van der Waals surface area contributed by atoms with E-state index in [1.165, 1.54) is 0 Å². The summed E-state index contributed by atoms with van der Waals surface area (Å²) in [5.74, 6) is 0.421. The van der Waals surface area contributed by atoms with Crippen LogP contribution in [0.5, 0.6) is 11.5 Å². The molecular weight excluding hydrogens is 346 g/mol. The topological polar surface area (TPSA) is 65.1 Å². The van der Waals surface area contributed by atoms with Gasteiger partial charge in [-0.3, -0.25) is 4.79 Å². The zero-order valence-corrected chi connectivity index (χ0v) is 15.5. The second-order valence-corrected chi connectivity index (χ2v) is 6.58. The zero-order chi connectivity index (χ0) is 19.2. The minimum atomic E-state index is -0.559. The van der Waals surface area contributed by atoms with Crippen LogP contribution in [0.25, 0.3) is 0 Å². The number of ether oxygens (including phenoxy) is 3. The third-order valence-electron chi connectivity index (χ3n) is 4.15. The van der Waals surface area contributed by atoms with Gasteiger partial charge < -0.3 is 19.1 Å². The molecule has 6 nitrogen and oxygen atoms in total. The van der Waals surface area contributed by atoms with Crippen molar-refractivity contribution < 1.29 is 23.8 Å². The number of rotatable bonds is 5. The molecule has 6 heteroatoms. The lowest BCUT2D eigenvalue weighted by Crippen LogP contribution is -2.49. The second-order valence-electron chi connectivity index (χ2n) is 6.58. The highest BCUT2D eigenvalue weighted by atomic mass is 16.5. The highest BCUT2D eigenvalue weighted by molar-refractivity contribution is 5.91. The molecule has 2 aromatic carbocycles. The van der Waals surface area contributed by atoms with Crippen molar-refractivity contribution in [1.82, 2.24) is 4.90 Å². The van der Waals surface area contributed by atoms with E-state index < -0.39 is 5.97 Å². The van der Waals surface area contributed by atoms with Gasteiger partial charge in [0.1, 0.15) is 11.5 Å². The minimum Gasteiger partial charge on any atom is -0.457 e. The molecule has 3 rings (SSSR count). The maximum atomic E-state index is 12.3. The molecule has 1 aliphatic rings. The molecule has 2 atom stereocenters. The molecule has 0 aliphatic carbocycles. The Morgan fingerprint density at radius 2 is 1.67 bits per heavy atom. The van der Waals surface area contributed by atoms with Crippen LogP contribution in [0.15, 0.2) is 54.6 Å². The van der Waals surface area contributed by atoms with Crippen LogP contribution in [-0.2, 0) is 14.3 Å². The summed E-state index contributed by atoms with van der Waals surface area (Å²) >= 11 is 0. The highest BCUT2D eigenvalue weighted by Gasteiger charge is 2.26. The molecule has 0 bridgehead atoms. The number of hydrogen-bond acceptors (Lipinski definition) is 5. The Morgan fingerprint density at radius 1 is 1.00 bits per heavy atom. The van der Waals surface area contributed by atoms with E-state index in [-0.39, 0.29) is 24.7 Å². The lowest BCUT2D eigenvalue weighted by molar-refractivity contribution is -0.146. The third kappa shape index (κ3) is 5.31. The molecule has 2 aromatic rings. The van der Waals surface area contributed by atoms with Crippen LogP contribution in [0.4, 0.5) is 0 Å². The standard InChI is InChI=1S/C21H23NO5/c1-15-12-22(13-16(2)26-15)20(23)14-25-21(24)17-7-6-10-19(11-17)27-18-8-4-3-5-9-18/h3-11,15-16H,12-14H2,1-2H3/t15-,16-/m0/s1. The first-order chi connectivity index (χ1) is 13.0. The summed E-state index contributed by atoms with van der Waals surface area (Å²) < 4.78 is 16.5. The number of benzene rings is 2. The molecule has 0 aromatic heterocycles. The normalized spacial score (nSPS) is 19.4. The van der Waals surface area contributed by atoms with Gasteiger partial charge >= 0.3 is 5.97 Å². The van der Waals surface area contributed by atoms with Crippen molar-refractivity contribution in [2.24, 2.45) is 0 Å². The van der Waals surface area contributed by atoms with Crippen LogP contribution in [0.3, 0.4) is 0 Å². The van der Waals surface area contributed by atoms with E-state index in [1.54, 1.807) is 29.2 Å². The van der Waals surface area contributed by atoms with Crippen molar-refractivity contribution in [1.29, 1.82) is 0 Å². The van der Waals surface area contributed by atoms with Crippen molar-refractivity contribution in [2.45, 2.75) is 26.1 Å². The smallest absolute Gasteiger partial charge is 0.338 e. The second kappa shape index (κ2) is 8.68. The van der Waals surface area contributed by atoms with Crippen molar-refractivity contribution in [3.63, 3.8) is 0 Å². The summed E-state index contributed by atoms with van der Waals surface area (Å²) in [6.07, 6.45) is -0.0552. The summed E-state index contributed by atoms with van der Waals surface area (Å²) in [7, 11) is 0. The summed E-state index contributed by atoms with van der Waals surface area (Å²) in [5, 5.41) is 0. The van der Waals surface area contributed by atoms with Crippen LogP contribution >= 0.6 is 0 Å². The van der Waals surface area contributed by atoms with Crippen molar-refractivity contribution in [2.75, 3.05) is 19.7 Å². The summed E-state index contributed by atoms with van der Waals surface area (Å²) in [6, 6.07) is 16.0. The number of nitrogens with zero attached hydrogens (tertiary/aromatic N) is 1. The number of morpholine rings is 1. The fourth-order valence-electron chi connectivity index (χ4n) is 2.99. The molecule has 1 amide bonds. The van der Waals surface area contributed by atoms with E-state index in [1.807, 2.05) is 44.2 Å². The van der Waals surface area contributed by atoms with Crippen LogP contribution in [0.1, 0.15) is 24.2 Å². The van der Waals surface area contributed by atoms with E-state index in [0.717, 1.165) is 0 Å². The first-order valence-corrected chi connectivity index (χ1v) is 8.94. The first-order valence-electron chi connectivity index (χ1n) is 8.94. The summed E-state index contributed by atoms with van der Waals surface area (Å²) in [4.78, 5) is 26.3. The van der Waals surface area contributed by atoms with E-state index in [2.05, 4.69) is 0 Å². The average molecular weight is 369 g/mol. The SMILES string of the molecule is C[C@H]1CN(C(=O)COC(=O)c2cccc(Oc3ccccc3)c2)C[C@H](C)O1. The third-order valence-corrected chi connectivity index (χ3v) is 4.15. The van der Waals surface area contributed by atoms with Crippen LogP contribution in [0, 0.1) is 0 Å². The van der Waals surface area contributed by atoms with Gasteiger partial charge in [0.15, 0.2) is 6.61 Å². The highest BCUT2D eigenvalue weighted by Crippen LogP contribution is 2.22. The lowest BCUT2D eigenvalue weighted by atomic mass is 10.2. The van der Waals surface area contributed by atoms with Crippen molar-refractivity contribution in [3.8, 4) is 11.5 Å². The molecule has 142 valence electrons. The predicted octanol–water partition coefficient (Wildman–Crippen LogP) is 3.27. The molecule has 1 fully saturated rings. The molecule has 27 heavy (non-hydrogen) atoms. The predicted molar refractivity (Wildman–Crippen MR) is 99.8 cm³/mol. The largest absolute Gasteiger partial charge is 0.457 e. The van der Waals surface area contributed by atoms with E-state index in [4.69, 9.17) is 14.2 Å². The Hall–Kier alpha value is -2.86. The van der Waals surface area contributed by atoms with E-state index >= 15 is 0 Å². The number of hydrogen-bond donors (Lipinski definition) is 0. The maximum Gasteiger partial charge on any atom is 0.338 e. The average Bonchev–Trinajstić information content (AvgIpc) is 2.66. The van der Waals surface area contributed by atoms with E-state index in [9.17, 15) is 9.59 Å². The fourth-order valence-corrected chi connectivity index (χ4v) is 2.99. The maximum absolute atomic E-state index is 12.3. The summed E-state index contributed by atoms with van der Waals surface area (Å²) in [6.45, 7) is 4.55. The molecule has 0 N–H and O–H groups in total. The first kappa shape index (κ1) is 18.9. The van der Waals surface area contributed by atoms with Gasteiger partial charge in [0.05, 0.1) is 17.8 Å². The van der Waals surface area contributed by atoms with Crippen LogP contribution < -0.4 is 4.74 Å². The number of carbonyl (C=O) groups is 2. The molecule has 0 radical (unpaired) electrons. The van der Waals surface area contributed by atoms with Gasteiger partial charge in [0, 0.05) is 13.1 Å².